The third-order valence-electron chi connectivity index (χ3n) is 11.4. The second kappa shape index (κ2) is 15.1. The summed E-state index contributed by atoms with van der Waals surface area (Å²) in [6.07, 6.45) is 0.202. The predicted molar refractivity (Wildman–Crippen MR) is 205 cm³/mol. The lowest BCUT2D eigenvalue weighted by atomic mass is 9.94. The molecule has 3 saturated heterocycles. The van der Waals surface area contributed by atoms with Gasteiger partial charge in [-0.05, 0) is 45.6 Å². The van der Waals surface area contributed by atoms with E-state index in [9.17, 15) is 29.7 Å². The number of aromatic nitrogens is 1. The molecule has 5 aromatic rings. The molecule has 4 unspecified atom stereocenters. The first-order chi connectivity index (χ1) is 26.5. The molecule has 3 aliphatic heterocycles. The number of aromatic amines is 1. The number of likely N-dealkylation sites (N-methyl/N-ethyl adjacent to an activating group) is 1. The minimum Gasteiger partial charge on any atom is -0.871 e. The Morgan fingerprint density at radius 3 is 2.35 bits per heavy atom. The molecule has 13 nitrogen and oxygen atoms in total. The van der Waals surface area contributed by atoms with Gasteiger partial charge in [0.05, 0.1) is 36.0 Å². The molecule has 15 heteroatoms. The fraction of sp³-hybridized carbons (Fsp3) is 0.375. The van der Waals surface area contributed by atoms with Crippen molar-refractivity contribution >= 4 is 45.6 Å². The summed E-state index contributed by atoms with van der Waals surface area (Å²) in [5, 5.41) is 48.2. The van der Waals surface area contributed by atoms with E-state index in [2.05, 4.69) is 28.0 Å². The summed E-state index contributed by atoms with van der Waals surface area (Å²) in [6.45, 7) is 2.20. The third-order valence-corrected chi connectivity index (χ3v) is 13.4. The summed E-state index contributed by atoms with van der Waals surface area (Å²) in [5.41, 5.74) is 0.409. The predicted octanol–water partition coefficient (Wildman–Crippen LogP) is 2.95. The van der Waals surface area contributed by atoms with Crippen LogP contribution in [0.3, 0.4) is 0 Å². The number of carbonyl (C=O) groups is 2. The number of ether oxygens (including phenoxy) is 2. The maximum atomic E-state index is 13.6. The molecule has 288 valence electrons. The van der Waals surface area contributed by atoms with Crippen molar-refractivity contribution in [3.8, 4) is 5.75 Å². The van der Waals surface area contributed by atoms with E-state index < -0.39 is 17.7 Å². The molecule has 0 spiro atoms. The van der Waals surface area contributed by atoms with Gasteiger partial charge < -0.3 is 50.2 Å². The van der Waals surface area contributed by atoms with Gasteiger partial charge in [0, 0.05) is 49.4 Å². The molecule has 3 fully saturated rings. The smallest absolute Gasteiger partial charge is 0.349 e. The molecular formula is C40H43N5O8S2. The number of hydrogen-bond donors (Lipinski definition) is 6. The van der Waals surface area contributed by atoms with Gasteiger partial charge in [-0.1, -0.05) is 54.3 Å². The number of rotatable bonds is 14. The second-order valence-corrected chi connectivity index (χ2v) is 16.7. The number of nitrogens with one attached hydrogen (secondary N) is 4. The summed E-state index contributed by atoms with van der Waals surface area (Å²) < 4.78 is 12.8. The van der Waals surface area contributed by atoms with Gasteiger partial charge >= 0.3 is 12.0 Å². The first-order valence-electron chi connectivity index (χ1n) is 18.4. The number of urea groups is 1. The topological polar surface area (TPSA) is 188 Å². The Morgan fingerprint density at radius 2 is 1.67 bits per heavy atom. The van der Waals surface area contributed by atoms with Crippen LogP contribution in [0.5, 0.6) is 5.75 Å². The van der Waals surface area contributed by atoms with E-state index in [0.717, 1.165) is 15.6 Å². The summed E-state index contributed by atoms with van der Waals surface area (Å²) in [5.74, 6) is -0.956. The van der Waals surface area contributed by atoms with Crippen LogP contribution < -0.4 is 26.6 Å². The summed E-state index contributed by atoms with van der Waals surface area (Å²) in [6, 6.07) is 20.7. The van der Waals surface area contributed by atoms with E-state index in [1.165, 1.54) is 34.8 Å². The third kappa shape index (κ3) is 7.29. The summed E-state index contributed by atoms with van der Waals surface area (Å²) in [7, 11) is 2.20. The Bertz CT molecular complexity index is 2180. The monoisotopic (exact) mass is 785 g/mol. The lowest BCUT2D eigenvalue weighted by molar-refractivity contribution is -0.955. The number of morpholine rings is 1. The average Bonchev–Trinajstić information content (AvgIpc) is 3.46. The molecule has 0 aliphatic carbocycles. The molecule has 2 aromatic carbocycles. The van der Waals surface area contributed by atoms with Crippen molar-refractivity contribution in [2.75, 3.05) is 26.7 Å². The van der Waals surface area contributed by atoms with Crippen LogP contribution in [-0.2, 0) is 33.0 Å². The Balaban J connectivity index is 0.798. The maximum absolute atomic E-state index is 13.6. The molecule has 0 radical (unpaired) electrons. The lowest BCUT2D eigenvalue weighted by Crippen LogP contribution is -2.64. The number of carbonyl (C=O) groups excluding carboxylic acids is 2. The molecule has 5 atom stereocenters. The molecule has 8 rings (SSSR count). The van der Waals surface area contributed by atoms with Crippen molar-refractivity contribution in [1.82, 2.24) is 20.9 Å². The number of hydrogen-bond acceptors (Lipinski definition) is 11. The van der Waals surface area contributed by atoms with Crippen LogP contribution in [-0.4, -0.2) is 88.8 Å². The van der Waals surface area contributed by atoms with Crippen LogP contribution in [0.1, 0.15) is 45.4 Å². The van der Waals surface area contributed by atoms with Crippen LogP contribution in [0.25, 0.3) is 10.9 Å². The SMILES string of the molecule is C[N+]1(CCNC(=O)NCc2cccc(CNC[C@H](O)c3ccc([O-])c4[nH]c(=O)ccc34)c2)C2CC(OC(=O)C(O)(c3cccs3)c3cccs3)CC1C1OC12. The van der Waals surface area contributed by atoms with Crippen LogP contribution in [0.2, 0.25) is 0 Å². The number of aliphatic hydroxyl groups excluding tert-OH is 1. The molecule has 0 saturated carbocycles. The zero-order chi connectivity index (χ0) is 38.3. The maximum Gasteiger partial charge on any atom is 0.349 e. The quantitative estimate of drug-likeness (QED) is 0.0559. The number of benzene rings is 2. The molecule has 3 aromatic heterocycles. The minimum absolute atomic E-state index is 0.100. The van der Waals surface area contributed by atoms with Gasteiger partial charge in [0.15, 0.2) is 0 Å². The first kappa shape index (κ1) is 37.3. The van der Waals surface area contributed by atoms with E-state index in [1.54, 1.807) is 24.3 Å². The van der Waals surface area contributed by atoms with Gasteiger partial charge in [-0.15, -0.1) is 22.7 Å². The Hall–Kier alpha value is -4.61. The number of aliphatic hydroxyl groups is 2. The van der Waals surface area contributed by atoms with Gasteiger partial charge in [-0.2, -0.15) is 0 Å². The molecule has 3 aliphatic rings. The number of epoxide rings is 1. The van der Waals surface area contributed by atoms with Gasteiger partial charge in [-0.25, -0.2) is 9.59 Å². The van der Waals surface area contributed by atoms with Crippen LogP contribution >= 0.6 is 22.7 Å². The molecule has 6 heterocycles. The second-order valence-electron chi connectivity index (χ2n) is 14.8. The number of nitrogens with zero attached hydrogens (tertiary/aromatic N) is 1. The number of thiophene rings is 2. The molecule has 2 amide bonds. The van der Waals surface area contributed by atoms with Crippen molar-refractivity contribution in [3.63, 3.8) is 0 Å². The number of esters is 1. The Labute approximate surface area is 325 Å². The summed E-state index contributed by atoms with van der Waals surface area (Å²) >= 11 is 2.65. The zero-order valence-electron chi connectivity index (χ0n) is 30.1. The fourth-order valence-electron chi connectivity index (χ4n) is 8.52. The zero-order valence-corrected chi connectivity index (χ0v) is 31.7. The standard InChI is InChI=1S/C40H43N5O8S2/c1-45(28-18-25(19-29(45)37-36(28)53-37)52-38(49)40(51,32-7-3-15-54-32)33-8-4-16-55-33)14-13-42-39(50)43-21-24-6-2-5-23(17-24)20-41-22-31(47)26-9-11-30(46)35-27(26)10-12-34(48)44-35/h2-12,15-17,25,28-29,31,36-37,41,47,51H,13-14,18-22H2,1H3,(H3-,42,43,44,46,48,50)/t25?,28?,29?,31-,36?,37?,45?/m0/s1. The fourth-order valence-corrected chi connectivity index (χ4v) is 10.2. The molecule has 2 bridgehead atoms. The first-order valence-corrected chi connectivity index (χ1v) is 20.1. The minimum atomic E-state index is -1.84. The van der Waals surface area contributed by atoms with E-state index in [0.29, 0.717) is 59.7 Å². The number of piperidine rings is 1. The number of H-pyrrole nitrogens is 1. The van der Waals surface area contributed by atoms with Gasteiger partial charge in [-0.3, -0.25) is 4.79 Å². The Kier molecular flexibility index (Phi) is 10.3. The average molecular weight is 786 g/mol. The van der Waals surface area contributed by atoms with Crippen molar-refractivity contribution in [1.29, 1.82) is 0 Å². The van der Waals surface area contributed by atoms with Gasteiger partial charge in [0.1, 0.15) is 30.4 Å². The van der Waals surface area contributed by atoms with Crippen molar-refractivity contribution < 1.29 is 38.9 Å². The highest BCUT2D eigenvalue weighted by molar-refractivity contribution is 7.12. The van der Waals surface area contributed by atoms with Crippen molar-refractivity contribution in [2.45, 2.75) is 68.0 Å². The summed E-state index contributed by atoms with van der Waals surface area (Å²) in [4.78, 5) is 41.8. The normalized spacial score (nSPS) is 24.6. The van der Waals surface area contributed by atoms with Crippen LogP contribution in [0, 0.1) is 0 Å². The number of pyridine rings is 1. The number of amides is 2. The van der Waals surface area contributed by atoms with Crippen molar-refractivity contribution in [2.24, 2.45) is 0 Å². The van der Waals surface area contributed by atoms with E-state index in [-0.39, 0.29) is 59.8 Å². The Morgan fingerprint density at radius 1 is 0.982 bits per heavy atom. The lowest BCUT2D eigenvalue weighted by Gasteiger charge is -2.48. The van der Waals surface area contributed by atoms with Gasteiger partial charge in [0.2, 0.25) is 11.2 Å². The highest BCUT2D eigenvalue weighted by atomic mass is 32.1. The van der Waals surface area contributed by atoms with E-state index >= 15 is 0 Å². The molecule has 6 N–H and O–H groups in total. The highest BCUT2D eigenvalue weighted by Gasteiger charge is 2.72. The van der Waals surface area contributed by atoms with Gasteiger partial charge in [0.25, 0.3) is 0 Å². The van der Waals surface area contributed by atoms with Crippen LogP contribution in [0.4, 0.5) is 4.79 Å². The van der Waals surface area contributed by atoms with Crippen molar-refractivity contribution in [3.05, 3.63) is 120 Å². The molecule has 55 heavy (non-hydrogen) atoms. The molecular weight excluding hydrogens is 743 g/mol. The largest absolute Gasteiger partial charge is 0.871 e. The van der Waals surface area contributed by atoms with Crippen LogP contribution in [0.15, 0.2) is 88.4 Å². The number of fused-ring (bicyclic) bond motifs is 6. The van der Waals surface area contributed by atoms with E-state index in [1.807, 2.05) is 47.2 Å². The van der Waals surface area contributed by atoms with E-state index in [4.69, 9.17) is 9.47 Å². The highest BCUT2D eigenvalue weighted by Crippen LogP contribution is 2.53. The number of quaternary nitrogens is 1.